The van der Waals surface area contributed by atoms with Gasteiger partial charge in [0.2, 0.25) is 11.6 Å². The van der Waals surface area contributed by atoms with E-state index in [1.807, 2.05) is 0 Å². The third-order valence-electron chi connectivity index (χ3n) is 3.41. The fourth-order valence-electron chi connectivity index (χ4n) is 2.29. The lowest BCUT2D eigenvalue weighted by Crippen LogP contribution is -2.24. The van der Waals surface area contributed by atoms with Crippen molar-refractivity contribution < 1.29 is 10.0 Å². The molecule has 1 aliphatic rings. The standard InChI is InChI=1S/C11H17N5O3/c12-10-9(16(18)19)11(15-6-14-10)13-5-7-1-3-8(17)4-2-7/h6-8,17H,1-5H2,(H3,12,13,14,15). The van der Waals surface area contributed by atoms with Crippen molar-refractivity contribution in [3.8, 4) is 0 Å². The first-order valence-electron chi connectivity index (χ1n) is 6.24. The summed E-state index contributed by atoms with van der Waals surface area (Å²) in [7, 11) is 0. The molecule has 19 heavy (non-hydrogen) atoms. The van der Waals surface area contributed by atoms with E-state index in [9.17, 15) is 15.2 Å². The van der Waals surface area contributed by atoms with E-state index in [-0.39, 0.29) is 23.4 Å². The van der Waals surface area contributed by atoms with Gasteiger partial charge in [-0.05, 0) is 31.6 Å². The Kier molecular flexibility index (Phi) is 4.10. The van der Waals surface area contributed by atoms with Crippen LogP contribution >= 0.6 is 0 Å². The van der Waals surface area contributed by atoms with Gasteiger partial charge in [0, 0.05) is 6.54 Å². The number of nitrogens with zero attached hydrogens (tertiary/aromatic N) is 3. The average Bonchev–Trinajstić information content (AvgIpc) is 2.37. The summed E-state index contributed by atoms with van der Waals surface area (Å²) in [6.45, 7) is 0.587. The molecule has 1 aromatic rings. The van der Waals surface area contributed by atoms with Crippen LogP contribution in [0.25, 0.3) is 0 Å². The van der Waals surface area contributed by atoms with Crippen molar-refractivity contribution in [3.05, 3.63) is 16.4 Å². The van der Waals surface area contributed by atoms with Gasteiger partial charge in [-0.1, -0.05) is 0 Å². The van der Waals surface area contributed by atoms with E-state index in [0.29, 0.717) is 12.5 Å². The number of nitro groups is 1. The van der Waals surface area contributed by atoms with Gasteiger partial charge in [0.05, 0.1) is 11.0 Å². The molecule has 0 bridgehead atoms. The first-order valence-corrected chi connectivity index (χ1v) is 6.24. The van der Waals surface area contributed by atoms with E-state index in [1.165, 1.54) is 6.33 Å². The first-order chi connectivity index (χ1) is 9.08. The zero-order valence-corrected chi connectivity index (χ0v) is 10.5. The lowest BCUT2D eigenvalue weighted by molar-refractivity contribution is -0.383. The van der Waals surface area contributed by atoms with Gasteiger partial charge in [-0.25, -0.2) is 9.97 Å². The van der Waals surface area contributed by atoms with Crippen LogP contribution in [-0.2, 0) is 0 Å². The third-order valence-corrected chi connectivity index (χ3v) is 3.41. The maximum Gasteiger partial charge on any atom is 0.352 e. The minimum atomic E-state index is -0.581. The molecule has 1 saturated carbocycles. The molecule has 0 radical (unpaired) electrons. The monoisotopic (exact) mass is 267 g/mol. The highest BCUT2D eigenvalue weighted by Crippen LogP contribution is 2.28. The molecule has 2 rings (SSSR count). The van der Waals surface area contributed by atoms with Crippen molar-refractivity contribution in [3.63, 3.8) is 0 Å². The zero-order valence-electron chi connectivity index (χ0n) is 10.5. The highest BCUT2D eigenvalue weighted by molar-refractivity contribution is 5.67. The largest absolute Gasteiger partial charge is 0.393 e. The van der Waals surface area contributed by atoms with Crippen molar-refractivity contribution in [2.24, 2.45) is 5.92 Å². The number of aliphatic hydroxyl groups is 1. The Morgan fingerprint density at radius 2 is 2.11 bits per heavy atom. The minimum Gasteiger partial charge on any atom is -0.393 e. The van der Waals surface area contributed by atoms with Crippen LogP contribution in [-0.4, -0.2) is 32.6 Å². The Hall–Kier alpha value is -1.96. The van der Waals surface area contributed by atoms with E-state index in [0.717, 1.165) is 25.7 Å². The number of hydrogen-bond donors (Lipinski definition) is 3. The van der Waals surface area contributed by atoms with Gasteiger partial charge in [0.25, 0.3) is 0 Å². The number of aromatic nitrogens is 2. The van der Waals surface area contributed by atoms with Crippen molar-refractivity contribution in [1.82, 2.24) is 9.97 Å². The van der Waals surface area contributed by atoms with E-state index >= 15 is 0 Å². The second kappa shape index (κ2) is 5.79. The van der Waals surface area contributed by atoms with Crippen LogP contribution in [0.5, 0.6) is 0 Å². The van der Waals surface area contributed by atoms with Gasteiger partial charge in [-0.2, -0.15) is 0 Å². The van der Waals surface area contributed by atoms with Crippen molar-refractivity contribution in [2.45, 2.75) is 31.8 Å². The molecule has 0 spiro atoms. The molecular weight excluding hydrogens is 250 g/mol. The molecule has 8 heteroatoms. The van der Waals surface area contributed by atoms with Crippen LogP contribution in [0.1, 0.15) is 25.7 Å². The summed E-state index contributed by atoms with van der Waals surface area (Å²) in [6.07, 6.45) is 4.36. The number of rotatable bonds is 4. The fraction of sp³-hybridized carbons (Fsp3) is 0.636. The molecule has 1 aliphatic carbocycles. The Balaban J connectivity index is 2.00. The Morgan fingerprint density at radius 3 is 2.74 bits per heavy atom. The Bertz CT molecular complexity index is 460. The highest BCUT2D eigenvalue weighted by atomic mass is 16.6. The number of aliphatic hydroxyl groups excluding tert-OH is 1. The second-order valence-electron chi connectivity index (χ2n) is 4.77. The molecule has 1 aromatic heterocycles. The Morgan fingerprint density at radius 1 is 1.42 bits per heavy atom. The minimum absolute atomic E-state index is 0.137. The zero-order chi connectivity index (χ0) is 13.8. The molecule has 0 saturated heterocycles. The van der Waals surface area contributed by atoms with Gasteiger partial charge < -0.3 is 16.2 Å². The predicted molar refractivity (Wildman–Crippen MR) is 69.6 cm³/mol. The van der Waals surface area contributed by atoms with Gasteiger partial charge in [0.15, 0.2) is 0 Å². The summed E-state index contributed by atoms with van der Waals surface area (Å²) in [6, 6.07) is 0. The van der Waals surface area contributed by atoms with Crippen LogP contribution in [0.4, 0.5) is 17.3 Å². The fourth-order valence-corrected chi connectivity index (χ4v) is 2.29. The van der Waals surface area contributed by atoms with Crippen molar-refractivity contribution in [1.29, 1.82) is 0 Å². The molecule has 0 aliphatic heterocycles. The highest BCUT2D eigenvalue weighted by Gasteiger charge is 2.23. The molecule has 0 atom stereocenters. The van der Waals surface area contributed by atoms with Crippen molar-refractivity contribution >= 4 is 17.3 Å². The van der Waals surface area contributed by atoms with E-state index in [2.05, 4.69) is 15.3 Å². The quantitative estimate of drug-likeness (QED) is 0.547. The van der Waals surface area contributed by atoms with Gasteiger partial charge in [-0.3, -0.25) is 10.1 Å². The molecule has 0 unspecified atom stereocenters. The molecule has 1 fully saturated rings. The average molecular weight is 267 g/mol. The summed E-state index contributed by atoms with van der Waals surface area (Å²) in [4.78, 5) is 17.8. The molecule has 104 valence electrons. The smallest absolute Gasteiger partial charge is 0.352 e. The SMILES string of the molecule is Nc1ncnc(NCC2CCC(O)CC2)c1[N+](=O)[O-]. The maximum absolute atomic E-state index is 10.9. The number of anilines is 2. The molecule has 4 N–H and O–H groups in total. The Labute approximate surface area is 110 Å². The normalized spacial score (nSPS) is 23.0. The molecule has 8 nitrogen and oxygen atoms in total. The molecule has 0 aromatic carbocycles. The topological polar surface area (TPSA) is 127 Å². The lowest BCUT2D eigenvalue weighted by Gasteiger charge is -2.25. The predicted octanol–water partition coefficient (Wildman–Crippen LogP) is 0.930. The van der Waals surface area contributed by atoms with Crippen LogP contribution in [0.3, 0.4) is 0 Å². The summed E-state index contributed by atoms with van der Waals surface area (Å²) in [5, 5.41) is 23.3. The first kappa shape index (κ1) is 13.5. The second-order valence-corrected chi connectivity index (χ2v) is 4.77. The molecular formula is C11H17N5O3. The summed E-state index contributed by atoms with van der Waals surface area (Å²) in [5.41, 5.74) is 5.20. The summed E-state index contributed by atoms with van der Waals surface area (Å²) in [5.74, 6) is 0.407. The number of nitrogens with two attached hydrogens (primary N) is 1. The third kappa shape index (κ3) is 3.28. The van der Waals surface area contributed by atoms with Gasteiger partial charge >= 0.3 is 5.69 Å². The summed E-state index contributed by atoms with van der Waals surface area (Å²) >= 11 is 0. The number of nitrogens with one attached hydrogen (secondary N) is 1. The van der Waals surface area contributed by atoms with Crippen LogP contribution < -0.4 is 11.1 Å². The molecule has 0 amide bonds. The van der Waals surface area contributed by atoms with Crippen LogP contribution in [0.15, 0.2) is 6.33 Å². The van der Waals surface area contributed by atoms with E-state index in [4.69, 9.17) is 5.73 Å². The number of hydrogen-bond acceptors (Lipinski definition) is 7. The van der Waals surface area contributed by atoms with E-state index < -0.39 is 4.92 Å². The van der Waals surface area contributed by atoms with Gasteiger partial charge in [0.1, 0.15) is 6.33 Å². The van der Waals surface area contributed by atoms with Crippen LogP contribution in [0.2, 0.25) is 0 Å². The van der Waals surface area contributed by atoms with Crippen molar-refractivity contribution in [2.75, 3.05) is 17.6 Å². The lowest BCUT2D eigenvalue weighted by atomic mass is 9.87. The summed E-state index contributed by atoms with van der Waals surface area (Å²) < 4.78 is 0. The number of nitrogen functional groups attached to an aromatic ring is 1. The van der Waals surface area contributed by atoms with Gasteiger partial charge in [-0.15, -0.1) is 0 Å². The maximum atomic E-state index is 10.9. The van der Waals surface area contributed by atoms with E-state index in [1.54, 1.807) is 0 Å². The van der Waals surface area contributed by atoms with Crippen LogP contribution in [0, 0.1) is 16.0 Å². The molecule has 1 heterocycles.